The van der Waals surface area contributed by atoms with Gasteiger partial charge in [-0.15, -0.1) is 0 Å². The van der Waals surface area contributed by atoms with E-state index >= 15 is 0 Å². The first-order chi connectivity index (χ1) is 13.7. The van der Waals surface area contributed by atoms with Crippen LogP contribution in [0.1, 0.15) is 53.4 Å². The first-order valence-corrected chi connectivity index (χ1v) is 9.74. The van der Waals surface area contributed by atoms with Gasteiger partial charge in [-0.25, -0.2) is 4.98 Å². The van der Waals surface area contributed by atoms with Crippen molar-refractivity contribution in [2.45, 2.75) is 33.2 Å². The zero-order valence-electron chi connectivity index (χ0n) is 16.4. The molecule has 0 spiro atoms. The number of benzene rings is 1. The highest BCUT2D eigenvalue weighted by molar-refractivity contribution is 6.02. The second-order valence-electron chi connectivity index (χ2n) is 6.65. The number of hydrogen-bond donors (Lipinski definition) is 1. The average Bonchev–Trinajstić information content (AvgIpc) is 3.12. The fraction of sp³-hybridized carbons (Fsp3) is 0.318. The Bertz CT molecular complexity index is 950. The smallest absolute Gasteiger partial charge is 0.287 e. The van der Waals surface area contributed by atoms with Gasteiger partial charge in [0.25, 0.3) is 11.8 Å². The summed E-state index contributed by atoms with van der Waals surface area (Å²) in [5, 5.41) is 2.88. The first-order valence-electron chi connectivity index (χ1n) is 9.74. The average molecular weight is 378 g/mol. The number of amides is 2. The van der Waals surface area contributed by atoms with Crippen molar-refractivity contribution < 1.29 is 9.59 Å². The van der Waals surface area contributed by atoms with Crippen molar-refractivity contribution in [1.82, 2.24) is 19.6 Å². The molecular formula is C22H26N4O2. The summed E-state index contributed by atoms with van der Waals surface area (Å²) in [4.78, 5) is 32.0. The summed E-state index contributed by atoms with van der Waals surface area (Å²) in [6, 6.07) is 15.3. The molecule has 6 heteroatoms. The van der Waals surface area contributed by atoms with Gasteiger partial charge in [0.15, 0.2) is 5.69 Å². The minimum atomic E-state index is -0.264. The summed E-state index contributed by atoms with van der Waals surface area (Å²) >= 11 is 0. The van der Waals surface area contributed by atoms with Gasteiger partial charge in [0.1, 0.15) is 0 Å². The number of pyridine rings is 1. The van der Waals surface area contributed by atoms with Crippen LogP contribution in [-0.2, 0) is 6.54 Å². The molecule has 0 saturated heterocycles. The number of nitrogens with zero attached hydrogens (tertiary/aromatic N) is 3. The fourth-order valence-electron chi connectivity index (χ4n) is 3.09. The Kier molecular flexibility index (Phi) is 6.42. The number of aromatic nitrogens is 2. The van der Waals surface area contributed by atoms with Crippen LogP contribution in [0, 0.1) is 0 Å². The Labute approximate surface area is 165 Å². The van der Waals surface area contributed by atoms with E-state index in [4.69, 9.17) is 0 Å². The Balaban J connectivity index is 1.91. The highest BCUT2D eigenvalue weighted by Crippen LogP contribution is 2.17. The molecule has 3 rings (SSSR count). The zero-order valence-corrected chi connectivity index (χ0v) is 16.4. The van der Waals surface area contributed by atoms with Crippen LogP contribution in [0.25, 0.3) is 5.52 Å². The number of carbonyl (C=O) groups excluding carboxylic acids is 2. The Hall–Kier alpha value is -3.15. The molecule has 0 unspecified atom stereocenters. The topological polar surface area (TPSA) is 66.7 Å². The van der Waals surface area contributed by atoms with E-state index in [1.165, 1.54) is 0 Å². The Morgan fingerprint density at radius 2 is 1.82 bits per heavy atom. The molecule has 0 bridgehead atoms. The van der Waals surface area contributed by atoms with E-state index in [0.29, 0.717) is 30.8 Å². The third-order valence-electron chi connectivity index (χ3n) is 4.66. The van der Waals surface area contributed by atoms with Crippen molar-refractivity contribution in [3.63, 3.8) is 0 Å². The molecule has 0 aliphatic heterocycles. The van der Waals surface area contributed by atoms with E-state index in [9.17, 15) is 9.59 Å². The predicted octanol–water partition coefficient (Wildman–Crippen LogP) is 3.53. The van der Waals surface area contributed by atoms with Crippen molar-refractivity contribution in [3.05, 3.63) is 71.8 Å². The van der Waals surface area contributed by atoms with Gasteiger partial charge in [-0.3, -0.25) is 14.0 Å². The maximum atomic E-state index is 13.2. The van der Waals surface area contributed by atoms with Crippen LogP contribution in [-0.4, -0.2) is 39.2 Å². The highest BCUT2D eigenvalue weighted by atomic mass is 16.2. The van der Waals surface area contributed by atoms with Gasteiger partial charge in [0.2, 0.25) is 5.82 Å². The maximum Gasteiger partial charge on any atom is 0.287 e. The molecular weight excluding hydrogens is 352 g/mol. The van der Waals surface area contributed by atoms with Crippen molar-refractivity contribution in [3.8, 4) is 0 Å². The van der Waals surface area contributed by atoms with E-state index in [1.54, 1.807) is 15.5 Å². The van der Waals surface area contributed by atoms with Crippen LogP contribution in [0.15, 0.2) is 54.7 Å². The number of hydrogen-bond acceptors (Lipinski definition) is 3. The van der Waals surface area contributed by atoms with Gasteiger partial charge in [-0.05, 0) is 31.0 Å². The molecule has 2 heterocycles. The second-order valence-corrected chi connectivity index (χ2v) is 6.65. The summed E-state index contributed by atoms with van der Waals surface area (Å²) < 4.78 is 1.69. The van der Waals surface area contributed by atoms with Gasteiger partial charge in [-0.2, -0.15) is 0 Å². The van der Waals surface area contributed by atoms with Gasteiger partial charge in [0, 0.05) is 25.8 Å². The normalized spacial score (nSPS) is 10.8. The van der Waals surface area contributed by atoms with Crippen LogP contribution >= 0.6 is 0 Å². The SMILES string of the molecule is CCCCNC(=O)c1nc(C(=O)N(CC)Cc2ccccc2)c2ccccn12. The van der Waals surface area contributed by atoms with Crippen LogP contribution in [0.4, 0.5) is 0 Å². The molecule has 2 amide bonds. The van der Waals surface area contributed by atoms with E-state index in [2.05, 4.69) is 17.2 Å². The number of unbranched alkanes of at least 4 members (excludes halogenated alkanes) is 1. The number of nitrogens with one attached hydrogen (secondary N) is 1. The van der Waals surface area contributed by atoms with E-state index in [0.717, 1.165) is 18.4 Å². The standard InChI is InChI=1S/C22H26N4O2/c1-3-5-14-23-21(27)20-24-19(18-13-9-10-15-26(18)20)22(28)25(4-2)16-17-11-7-6-8-12-17/h6-13,15H,3-5,14,16H2,1-2H3,(H,23,27). The van der Waals surface area contributed by atoms with Crippen LogP contribution in [0.5, 0.6) is 0 Å². The largest absolute Gasteiger partial charge is 0.349 e. The van der Waals surface area contributed by atoms with Gasteiger partial charge in [0.05, 0.1) is 5.52 Å². The summed E-state index contributed by atoms with van der Waals surface area (Å²) in [6.45, 7) is 5.66. The quantitative estimate of drug-likeness (QED) is 0.610. The minimum absolute atomic E-state index is 0.178. The van der Waals surface area contributed by atoms with E-state index in [1.807, 2.05) is 55.5 Å². The molecule has 0 aliphatic rings. The van der Waals surface area contributed by atoms with Gasteiger partial charge < -0.3 is 10.2 Å². The molecule has 28 heavy (non-hydrogen) atoms. The fourth-order valence-corrected chi connectivity index (χ4v) is 3.09. The van der Waals surface area contributed by atoms with Crippen molar-refractivity contribution in [2.24, 2.45) is 0 Å². The summed E-state index contributed by atoms with van der Waals surface area (Å²) in [5.74, 6) is -0.201. The predicted molar refractivity (Wildman–Crippen MR) is 109 cm³/mol. The van der Waals surface area contributed by atoms with Gasteiger partial charge in [-0.1, -0.05) is 49.7 Å². The molecule has 0 saturated carbocycles. The Morgan fingerprint density at radius 3 is 2.54 bits per heavy atom. The summed E-state index contributed by atoms with van der Waals surface area (Å²) in [6.07, 6.45) is 3.67. The number of imidazole rings is 1. The number of rotatable bonds is 8. The van der Waals surface area contributed by atoms with E-state index < -0.39 is 0 Å². The Morgan fingerprint density at radius 1 is 1.07 bits per heavy atom. The molecule has 1 N–H and O–H groups in total. The third kappa shape index (κ3) is 4.22. The lowest BCUT2D eigenvalue weighted by Crippen LogP contribution is -2.31. The molecule has 0 atom stereocenters. The number of carbonyl (C=O) groups is 2. The lowest BCUT2D eigenvalue weighted by molar-refractivity contribution is 0.0749. The maximum absolute atomic E-state index is 13.2. The van der Waals surface area contributed by atoms with Gasteiger partial charge >= 0.3 is 0 Å². The third-order valence-corrected chi connectivity index (χ3v) is 4.66. The lowest BCUT2D eigenvalue weighted by Gasteiger charge is -2.20. The monoisotopic (exact) mass is 378 g/mol. The van der Waals surface area contributed by atoms with Crippen LogP contribution in [0.3, 0.4) is 0 Å². The molecule has 0 radical (unpaired) electrons. The van der Waals surface area contributed by atoms with Crippen molar-refractivity contribution in [2.75, 3.05) is 13.1 Å². The molecule has 0 fully saturated rings. The summed E-state index contributed by atoms with van der Waals surface area (Å²) in [5.41, 5.74) is 2.00. The highest BCUT2D eigenvalue weighted by Gasteiger charge is 2.24. The first kappa shape index (κ1) is 19.6. The molecule has 1 aromatic carbocycles. The zero-order chi connectivity index (χ0) is 19.9. The summed E-state index contributed by atoms with van der Waals surface area (Å²) in [7, 11) is 0. The molecule has 2 aromatic heterocycles. The molecule has 6 nitrogen and oxygen atoms in total. The van der Waals surface area contributed by atoms with Crippen LogP contribution < -0.4 is 5.32 Å². The van der Waals surface area contributed by atoms with Crippen molar-refractivity contribution >= 4 is 17.3 Å². The molecule has 3 aromatic rings. The second kappa shape index (κ2) is 9.17. The number of fused-ring (bicyclic) bond motifs is 1. The van der Waals surface area contributed by atoms with Crippen LogP contribution in [0.2, 0.25) is 0 Å². The molecule has 146 valence electrons. The van der Waals surface area contributed by atoms with E-state index in [-0.39, 0.29) is 17.6 Å². The van der Waals surface area contributed by atoms with Crippen molar-refractivity contribution in [1.29, 1.82) is 0 Å². The lowest BCUT2D eigenvalue weighted by atomic mass is 10.2. The molecule has 0 aliphatic carbocycles. The minimum Gasteiger partial charge on any atom is -0.349 e.